The predicted octanol–water partition coefficient (Wildman–Crippen LogP) is 2.46. The molecule has 102 valence electrons. The Morgan fingerprint density at radius 3 is 2.78 bits per heavy atom. The molecular weight excluding hydrogens is 245 g/mol. The zero-order valence-corrected chi connectivity index (χ0v) is 12.1. The average molecular weight is 269 g/mol. The Hall–Kier alpha value is -0.155. The molecule has 1 aliphatic heterocycles. The minimum absolute atomic E-state index is 0.592. The van der Waals surface area contributed by atoms with E-state index in [-0.39, 0.29) is 0 Å². The molecule has 1 saturated heterocycles. The van der Waals surface area contributed by atoms with Gasteiger partial charge >= 0.3 is 5.97 Å². The third-order valence-corrected chi connectivity index (χ3v) is 4.87. The fourth-order valence-corrected chi connectivity index (χ4v) is 3.45. The van der Waals surface area contributed by atoms with E-state index in [4.69, 9.17) is 7.85 Å². The monoisotopic (exact) mass is 269 g/mol. The topological polar surface area (TPSA) is 49.3 Å². The van der Waals surface area contributed by atoms with E-state index < -0.39 is 11.3 Å². The van der Waals surface area contributed by atoms with Crippen LogP contribution in [0.5, 0.6) is 0 Å². The molecule has 2 atom stereocenters. The molecule has 5 heteroatoms. The molecule has 2 radical (unpaired) electrons. The van der Waals surface area contributed by atoms with Crippen LogP contribution in [0.1, 0.15) is 45.4 Å². The van der Waals surface area contributed by atoms with Gasteiger partial charge in [0.05, 0.1) is 7.85 Å². The van der Waals surface area contributed by atoms with Crippen LogP contribution in [0.25, 0.3) is 0 Å². The normalized spacial score (nSPS) is 23.5. The van der Waals surface area contributed by atoms with Crippen LogP contribution in [-0.2, 0) is 4.79 Å². The van der Waals surface area contributed by atoms with Crippen molar-refractivity contribution in [3.05, 3.63) is 0 Å². The van der Waals surface area contributed by atoms with E-state index in [1.165, 1.54) is 0 Å². The molecule has 0 spiro atoms. The maximum Gasteiger partial charge on any atom is 0.300 e. The third-order valence-electron chi connectivity index (χ3n) is 3.56. The molecule has 1 aliphatic rings. The molecule has 0 aliphatic carbocycles. The van der Waals surface area contributed by atoms with Gasteiger partial charge in [-0.05, 0) is 19.3 Å². The van der Waals surface area contributed by atoms with Crippen LogP contribution in [0.2, 0.25) is 5.31 Å². The number of carboxylic acid groups (broad SMARTS) is 1. The van der Waals surface area contributed by atoms with Gasteiger partial charge in [-0.25, -0.2) is 0 Å². The summed E-state index contributed by atoms with van der Waals surface area (Å²) >= 11 is 1.99. The largest absolute Gasteiger partial charge is 0.481 e. The first-order valence-electron chi connectivity index (χ1n) is 6.93. The first kappa shape index (κ1) is 15.9. The van der Waals surface area contributed by atoms with Crippen molar-refractivity contribution in [2.24, 2.45) is 0 Å². The summed E-state index contributed by atoms with van der Waals surface area (Å²) in [6.45, 7) is 4.20. The SMILES string of the molecule is [B]C(CCCC)(CCCC1CNCCS1)C(=O)O. The van der Waals surface area contributed by atoms with Gasteiger partial charge in [0.15, 0.2) is 0 Å². The van der Waals surface area contributed by atoms with Crippen molar-refractivity contribution in [2.45, 2.75) is 56.0 Å². The van der Waals surface area contributed by atoms with Gasteiger partial charge in [0.1, 0.15) is 0 Å². The predicted molar refractivity (Wildman–Crippen MR) is 78.6 cm³/mol. The van der Waals surface area contributed by atoms with Gasteiger partial charge in [0.25, 0.3) is 0 Å². The Kier molecular flexibility index (Phi) is 7.16. The molecular formula is C13H24BNO2S. The number of unbranched alkanes of at least 4 members (excludes halogenated alkanes) is 1. The summed E-state index contributed by atoms with van der Waals surface area (Å²) in [5, 5.41) is 12.2. The van der Waals surface area contributed by atoms with E-state index in [9.17, 15) is 9.90 Å². The highest BCUT2D eigenvalue weighted by molar-refractivity contribution is 8.00. The summed E-state index contributed by atoms with van der Waals surface area (Å²) in [4.78, 5) is 11.3. The lowest BCUT2D eigenvalue weighted by Gasteiger charge is -2.27. The van der Waals surface area contributed by atoms with Crippen LogP contribution in [0.3, 0.4) is 0 Å². The maximum atomic E-state index is 11.3. The van der Waals surface area contributed by atoms with Crippen molar-refractivity contribution >= 4 is 25.6 Å². The van der Waals surface area contributed by atoms with Gasteiger partial charge in [0, 0.05) is 29.4 Å². The third kappa shape index (κ3) is 5.23. The smallest absolute Gasteiger partial charge is 0.300 e. The number of hydrogen-bond donors (Lipinski definition) is 2. The van der Waals surface area contributed by atoms with Crippen LogP contribution < -0.4 is 5.32 Å². The molecule has 1 fully saturated rings. The second-order valence-electron chi connectivity index (χ2n) is 5.15. The second kappa shape index (κ2) is 8.10. The summed E-state index contributed by atoms with van der Waals surface area (Å²) < 4.78 is 0. The Morgan fingerprint density at radius 2 is 2.22 bits per heavy atom. The molecule has 1 rings (SSSR count). The van der Waals surface area contributed by atoms with Crippen molar-refractivity contribution < 1.29 is 9.90 Å². The molecule has 0 aromatic rings. The van der Waals surface area contributed by atoms with E-state index in [1.807, 2.05) is 11.8 Å². The van der Waals surface area contributed by atoms with Gasteiger partial charge in [-0.3, -0.25) is 4.79 Å². The molecule has 3 nitrogen and oxygen atoms in total. The number of thioether (sulfide) groups is 1. The van der Waals surface area contributed by atoms with Gasteiger partial charge in [-0.2, -0.15) is 11.8 Å². The zero-order chi connectivity index (χ0) is 13.4. The molecule has 1 heterocycles. The van der Waals surface area contributed by atoms with Crippen LogP contribution in [0, 0.1) is 0 Å². The molecule has 0 bridgehead atoms. The van der Waals surface area contributed by atoms with Crippen molar-refractivity contribution in [1.29, 1.82) is 0 Å². The highest BCUT2D eigenvalue weighted by Gasteiger charge is 2.31. The lowest BCUT2D eigenvalue weighted by Crippen LogP contribution is -2.33. The quantitative estimate of drug-likeness (QED) is 0.665. The molecule has 0 aromatic carbocycles. The van der Waals surface area contributed by atoms with Gasteiger partial charge < -0.3 is 10.4 Å². The number of carboxylic acids is 1. The Labute approximate surface area is 116 Å². The van der Waals surface area contributed by atoms with Crippen LogP contribution in [0.15, 0.2) is 0 Å². The van der Waals surface area contributed by atoms with Gasteiger partial charge in [-0.15, -0.1) is 0 Å². The highest BCUT2D eigenvalue weighted by atomic mass is 32.2. The van der Waals surface area contributed by atoms with E-state index in [1.54, 1.807) is 0 Å². The maximum absolute atomic E-state index is 11.3. The minimum atomic E-state index is -1.01. The Balaban J connectivity index is 2.30. The first-order valence-corrected chi connectivity index (χ1v) is 7.98. The first-order chi connectivity index (χ1) is 8.58. The summed E-state index contributed by atoms with van der Waals surface area (Å²) in [7, 11) is 6.02. The number of nitrogens with one attached hydrogen (secondary N) is 1. The number of aliphatic carboxylic acids is 1. The lowest BCUT2D eigenvalue weighted by atomic mass is 9.63. The summed E-state index contributed by atoms with van der Waals surface area (Å²) in [6, 6.07) is 0. The van der Waals surface area contributed by atoms with E-state index in [0.29, 0.717) is 18.1 Å². The fraction of sp³-hybridized carbons (Fsp3) is 0.923. The van der Waals surface area contributed by atoms with Crippen LogP contribution in [0.4, 0.5) is 0 Å². The summed E-state index contributed by atoms with van der Waals surface area (Å²) in [5.41, 5.74) is 0. The molecule has 0 amide bonds. The molecule has 18 heavy (non-hydrogen) atoms. The molecule has 2 N–H and O–H groups in total. The number of rotatable bonds is 8. The average Bonchev–Trinajstić information content (AvgIpc) is 2.37. The van der Waals surface area contributed by atoms with E-state index >= 15 is 0 Å². The Bertz CT molecular complexity index is 259. The van der Waals surface area contributed by atoms with Crippen molar-refractivity contribution in [1.82, 2.24) is 5.32 Å². The molecule has 0 saturated carbocycles. The molecule has 2 unspecified atom stereocenters. The van der Waals surface area contributed by atoms with Crippen LogP contribution in [-0.4, -0.2) is 43.0 Å². The van der Waals surface area contributed by atoms with Crippen molar-refractivity contribution in [3.63, 3.8) is 0 Å². The van der Waals surface area contributed by atoms with Gasteiger partial charge in [0.2, 0.25) is 0 Å². The number of carbonyl (C=O) groups is 1. The summed E-state index contributed by atoms with van der Waals surface area (Å²) in [6.07, 6.45) is 5.05. The standard InChI is InChI=1S/C13H24BNO2S/c1-2-3-6-13(14,12(16)17)7-4-5-11-10-15-8-9-18-11/h11,15H,2-10H2,1H3,(H,16,17). The number of hydrogen-bond acceptors (Lipinski definition) is 3. The zero-order valence-electron chi connectivity index (χ0n) is 11.3. The van der Waals surface area contributed by atoms with Gasteiger partial charge in [-0.1, -0.05) is 26.2 Å². The van der Waals surface area contributed by atoms with Crippen LogP contribution >= 0.6 is 11.8 Å². The van der Waals surface area contributed by atoms with E-state index in [0.717, 1.165) is 44.5 Å². The minimum Gasteiger partial charge on any atom is -0.481 e. The highest BCUT2D eigenvalue weighted by Crippen LogP contribution is 2.36. The lowest BCUT2D eigenvalue weighted by molar-refractivity contribution is -0.141. The van der Waals surface area contributed by atoms with Crippen molar-refractivity contribution in [3.8, 4) is 0 Å². The van der Waals surface area contributed by atoms with Crippen molar-refractivity contribution in [2.75, 3.05) is 18.8 Å². The van der Waals surface area contributed by atoms with E-state index in [2.05, 4.69) is 12.2 Å². The summed E-state index contributed by atoms with van der Waals surface area (Å²) in [5.74, 6) is 0.318. The second-order valence-corrected chi connectivity index (χ2v) is 6.56. The molecule has 0 aromatic heterocycles. The fourth-order valence-electron chi connectivity index (χ4n) is 2.28. The Morgan fingerprint density at radius 1 is 1.50 bits per heavy atom.